The molecule has 21 heavy (non-hydrogen) atoms. The maximum Gasteiger partial charge on any atom is 0.350 e. The summed E-state index contributed by atoms with van der Waals surface area (Å²) in [5.41, 5.74) is 1.37. The molecule has 0 bridgehead atoms. The smallest absolute Gasteiger partial charge is 0.350 e. The average molecular weight is 301 g/mol. The molecule has 2 rings (SSSR count). The minimum atomic E-state index is -3.76. The predicted molar refractivity (Wildman–Crippen MR) is 80.7 cm³/mol. The van der Waals surface area contributed by atoms with E-state index in [9.17, 15) is 8.42 Å². The largest absolute Gasteiger partial charge is 0.497 e. The summed E-state index contributed by atoms with van der Waals surface area (Å²) in [5.74, 6) is 0.528. The molecule has 2 aromatic carbocycles. The van der Waals surface area contributed by atoms with Gasteiger partial charge in [0.1, 0.15) is 5.75 Å². The number of methoxy groups -OCH3 is 1. The molecule has 0 aromatic heterocycles. The molecule has 0 heterocycles. The first-order valence-corrected chi connectivity index (χ1v) is 7.85. The number of hydrogen-bond donors (Lipinski definition) is 0. The van der Waals surface area contributed by atoms with Crippen molar-refractivity contribution in [1.82, 2.24) is 0 Å². The third-order valence-corrected chi connectivity index (χ3v) is 5.03. The van der Waals surface area contributed by atoms with Crippen LogP contribution in [0.2, 0.25) is 0 Å². The first kappa shape index (κ1) is 15.1. The molecule has 0 aliphatic rings. The molecule has 1 atom stereocenters. The second kappa shape index (κ2) is 5.98. The minimum Gasteiger partial charge on any atom is -0.497 e. The Morgan fingerprint density at radius 2 is 1.81 bits per heavy atom. The van der Waals surface area contributed by atoms with Gasteiger partial charge in [-0.2, -0.15) is 0 Å². The van der Waals surface area contributed by atoms with Crippen LogP contribution in [0.1, 0.15) is 16.5 Å². The Kier molecular flexibility index (Phi) is 4.29. The normalized spacial score (nSPS) is 12.4. The maximum atomic E-state index is 12.6. The Balaban J connectivity index is 2.49. The van der Waals surface area contributed by atoms with Gasteiger partial charge in [0, 0.05) is 0 Å². The zero-order valence-corrected chi connectivity index (χ0v) is 12.6. The molecule has 108 valence electrons. The summed E-state index contributed by atoms with van der Waals surface area (Å²) in [7, 11) is -2.26. The van der Waals surface area contributed by atoms with Crippen LogP contribution in [-0.2, 0) is 9.84 Å². The van der Waals surface area contributed by atoms with Crippen LogP contribution in [0, 0.1) is 13.5 Å². The predicted octanol–water partition coefficient (Wildman–Crippen LogP) is 3.40. The van der Waals surface area contributed by atoms with Crippen LogP contribution in [0.15, 0.2) is 53.4 Å². The molecule has 5 heteroatoms. The van der Waals surface area contributed by atoms with Crippen LogP contribution in [0.25, 0.3) is 4.85 Å². The Labute approximate surface area is 124 Å². The fourth-order valence-corrected chi connectivity index (χ4v) is 3.39. The van der Waals surface area contributed by atoms with Gasteiger partial charge in [-0.3, -0.25) is 4.85 Å². The Morgan fingerprint density at radius 3 is 2.38 bits per heavy atom. The summed E-state index contributed by atoms with van der Waals surface area (Å²) in [5, 5.41) is -1.27. The summed E-state index contributed by atoms with van der Waals surface area (Å²) in [6, 6.07) is 13.1. The zero-order valence-electron chi connectivity index (χ0n) is 11.8. The second-order valence-corrected chi connectivity index (χ2v) is 6.62. The fourth-order valence-electron chi connectivity index (χ4n) is 1.98. The number of sulfone groups is 1. The standard InChI is InChI=1S/C16H15NO3S/c1-12-7-9-15(10-8-12)21(18,19)16(17-2)13-5-4-6-14(11-13)20-3/h4-11,16H,1,3H3/t16-/m0/s1. The Morgan fingerprint density at radius 1 is 1.14 bits per heavy atom. The van der Waals surface area contributed by atoms with Crippen molar-refractivity contribution in [3.05, 3.63) is 71.1 Å². The Hall–Kier alpha value is -2.32. The van der Waals surface area contributed by atoms with Crippen LogP contribution in [0.4, 0.5) is 0 Å². The van der Waals surface area contributed by atoms with E-state index in [0.717, 1.165) is 5.56 Å². The lowest BCUT2D eigenvalue weighted by Crippen LogP contribution is -2.10. The molecule has 2 aromatic rings. The van der Waals surface area contributed by atoms with Gasteiger partial charge in [0.2, 0.25) is 0 Å². The third kappa shape index (κ3) is 3.06. The Bertz CT molecular complexity index is 774. The molecule has 0 saturated heterocycles. The van der Waals surface area contributed by atoms with E-state index in [0.29, 0.717) is 11.3 Å². The van der Waals surface area contributed by atoms with Crippen LogP contribution < -0.4 is 4.74 Å². The molecule has 0 amide bonds. The van der Waals surface area contributed by atoms with Crippen molar-refractivity contribution in [1.29, 1.82) is 0 Å². The highest BCUT2D eigenvalue weighted by molar-refractivity contribution is 7.91. The minimum absolute atomic E-state index is 0.150. The highest BCUT2D eigenvalue weighted by Gasteiger charge is 2.34. The van der Waals surface area contributed by atoms with Gasteiger partial charge in [0.25, 0.3) is 9.84 Å². The second-order valence-electron chi connectivity index (χ2n) is 4.62. The van der Waals surface area contributed by atoms with Crippen molar-refractivity contribution < 1.29 is 13.2 Å². The lowest BCUT2D eigenvalue weighted by molar-refractivity contribution is 0.414. The van der Waals surface area contributed by atoms with Crippen LogP contribution >= 0.6 is 0 Å². The van der Waals surface area contributed by atoms with Gasteiger partial charge >= 0.3 is 5.37 Å². The monoisotopic (exact) mass is 301 g/mol. The average Bonchev–Trinajstić information content (AvgIpc) is 2.48. The van der Waals surface area contributed by atoms with E-state index in [1.807, 2.05) is 6.92 Å². The van der Waals surface area contributed by atoms with Gasteiger partial charge in [-0.25, -0.2) is 15.0 Å². The van der Waals surface area contributed by atoms with Gasteiger partial charge in [0.15, 0.2) is 0 Å². The van der Waals surface area contributed by atoms with Crippen LogP contribution in [-0.4, -0.2) is 15.5 Å². The quantitative estimate of drug-likeness (QED) is 0.813. The number of benzene rings is 2. The number of nitrogens with zero attached hydrogens (tertiary/aromatic N) is 1. The summed E-state index contributed by atoms with van der Waals surface area (Å²) >= 11 is 0. The molecule has 0 N–H and O–H groups in total. The maximum absolute atomic E-state index is 12.6. The van der Waals surface area contributed by atoms with Crippen molar-refractivity contribution in [2.24, 2.45) is 0 Å². The number of hydrogen-bond acceptors (Lipinski definition) is 3. The summed E-state index contributed by atoms with van der Waals surface area (Å²) < 4.78 is 30.3. The van der Waals surface area contributed by atoms with Crippen LogP contribution in [0.5, 0.6) is 5.75 Å². The number of rotatable bonds is 4. The van der Waals surface area contributed by atoms with E-state index in [4.69, 9.17) is 11.3 Å². The van der Waals surface area contributed by atoms with E-state index >= 15 is 0 Å². The van der Waals surface area contributed by atoms with Crippen molar-refractivity contribution in [2.75, 3.05) is 7.11 Å². The molecule has 0 radical (unpaired) electrons. The summed E-state index contributed by atoms with van der Waals surface area (Å²) in [6.07, 6.45) is 0. The van der Waals surface area contributed by atoms with E-state index in [2.05, 4.69) is 4.85 Å². The molecule has 0 aliphatic heterocycles. The number of ether oxygens (including phenoxy) is 1. The molecule has 0 spiro atoms. The first-order valence-electron chi connectivity index (χ1n) is 6.30. The van der Waals surface area contributed by atoms with Crippen LogP contribution in [0.3, 0.4) is 0 Å². The lowest BCUT2D eigenvalue weighted by atomic mass is 10.2. The SMILES string of the molecule is [C-]#[N+][C@H](c1cccc(OC)c1)S(=O)(=O)c1ccc(C)cc1. The molecular formula is C16H15NO3S. The molecule has 0 aliphatic carbocycles. The molecule has 0 unspecified atom stereocenters. The van der Waals surface area contributed by atoms with Crippen molar-refractivity contribution >= 4 is 9.84 Å². The van der Waals surface area contributed by atoms with E-state index in [1.165, 1.54) is 19.2 Å². The molecular weight excluding hydrogens is 286 g/mol. The highest BCUT2D eigenvalue weighted by Crippen LogP contribution is 2.31. The lowest BCUT2D eigenvalue weighted by Gasteiger charge is -2.09. The number of aryl methyl sites for hydroxylation is 1. The third-order valence-electron chi connectivity index (χ3n) is 3.14. The van der Waals surface area contributed by atoms with Gasteiger partial charge in [-0.15, -0.1) is 0 Å². The zero-order chi connectivity index (χ0) is 15.5. The van der Waals surface area contributed by atoms with Gasteiger partial charge in [-0.1, -0.05) is 23.8 Å². The van der Waals surface area contributed by atoms with Gasteiger partial charge in [-0.05, 0) is 37.3 Å². The highest BCUT2D eigenvalue weighted by atomic mass is 32.2. The van der Waals surface area contributed by atoms with E-state index in [-0.39, 0.29) is 4.90 Å². The van der Waals surface area contributed by atoms with Gasteiger partial charge in [0.05, 0.1) is 17.6 Å². The van der Waals surface area contributed by atoms with E-state index < -0.39 is 15.2 Å². The first-order chi connectivity index (χ1) is 9.98. The summed E-state index contributed by atoms with van der Waals surface area (Å²) in [6.45, 7) is 9.16. The topological polar surface area (TPSA) is 47.7 Å². The van der Waals surface area contributed by atoms with Crippen molar-refractivity contribution in [2.45, 2.75) is 17.2 Å². The molecule has 4 nitrogen and oxygen atoms in total. The molecule has 0 fully saturated rings. The summed E-state index contributed by atoms with van der Waals surface area (Å²) in [4.78, 5) is 3.46. The van der Waals surface area contributed by atoms with E-state index in [1.54, 1.807) is 36.4 Å². The fraction of sp³-hybridized carbons (Fsp3) is 0.188. The van der Waals surface area contributed by atoms with Crippen molar-refractivity contribution in [3.8, 4) is 5.75 Å². The van der Waals surface area contributed by atoms with Gasteiger partial charge < -0.3 is 4.74 Å². The molecule has 0 saturated carbocycles. The van der Waals surface area contributed by atoms with Crippen molar-refractivity contribution in [3.63, 3.8) is 0 Å².